The maximum absolute atomic E-state index is 11.2. The van der Waals surface area contributed by atoms with E-state index >= 15 is 0 Å². The molecule has 1 unspecified atom stereocenters. The van der Waals surface area contributed by atoms with Crippen LogP contribution in [0, 0.1) is 5.92 Å². The van der Waals surface area contributed by atoms with E-state index in [2.05, 4.69) is 4.98 Å². The number of hydrogen-bond acceptors (Lipinski definition) is 5. The molecule has 0 saturated carbocycles. The van der Waals surface area contributed by atoms with Crippen LogP contribution in [0.15, 0.2) is 43.0 Å². The smallest absolute Gasteiger partial charge is 0.119 e. The minimum atomic E-state index is -1.49. The average molecular weight is 343 g/mol. The zero-order valence-corrected chi connectivity index (χ0v) is 14.1. The highest BCUT2D eigenvalue weighted by atomic mass is 16.5. The second-order valence-corrected chi connectivity index (χ2v) is 7.04. The van der Waals surface area contributed by atoms with Crippen LogP contribution in [0.5, 0.6) is 5.75 Å². The molecule has 0 aliphatic carbocycles. The van der Waals surface area contributed by atoms with Crippen LogP contribution in [-0.2, 0) is 0 Å². The molecule has 2 bridgehead atoms. The summed E-state index contributed by atoms with van der Waals surface area (Å²) < 4.78 is 28.2. The Kier molecular flexibility index (Phi) is 3.24. The lowest BCUT2D eigenvalue weighted by molar-refractivity contribution is -0.127. The SMILES string of the molecule is [2H]C([2H])=C([2H])[C@@]1(O)CN2CC[C@H]1C[C@@H]2[C@@H](O)c1ccnc2ccc(OC)cc12. The molecule has 2 aromatic rings. The highest BCUT2D eigenvalue weighted by molar-refractivity contribution is 5.83. The number of benzene rings is 1. The molecule has 1 aromatic heterocycles. The minimum Gasteiger partial charge on any atom is -0.497 e. The Morgan fingerprint density at radius 1 is 1.56 bits per heavy atom. The molecule has 0 amide bonds. The first-order valence-electron chi connectivity index (χ1n) is 10.1. The molecule has 1 aromatic carbocycles. The molecule has 5 nitrogen and oxygen atoms in total. The van der Waals surface area contributed by atoms with Gasteiger partial charge in [0.2, 0.25) is 0 Å². The molecule has 5 atom stereocenters. The van der Waals surface area contributed by atoms with Crippen LogP contribution in [0.1, 0.15) is 28.6 Å². The largest absolute Gasteiger partial charge is 0.497 e. The summed E-state index contributed by atoms with van der Waals surface area (Å²) in [6, 6.07) is 6.82. The van der Waals surface area contributed by atoms with Gasteiger partial charge in [-0.25, -0.2) is 0 Å². The van der Waals surface area contributed by atoms with Crippen LogP contribution in [0.4, 0.5) is 0 Å². The monoisotopic (exact) mass is 343 g/mol. The van der Waals surface area contributed by atoms with Crippen molar-refractivity contribution < 1.29 is 19.1 Å². The fourth-order valence-corrected chi connectivity index (χ4v) is 4.32. The highest BCUT2D eigenvalue weighted by Gasteiger charge is 2.49. The van der Waals surface area contributed by atoms with E-state index in [4.69, 9.17) is 8.85 Å². The maximum atomic E-state index is 11.2. The van der Waals surface area contributed by atoms with E-state index in [1.54, 1.807) is 13.3 Å². The van der Waals surface area contributed by atoms with Gasteiger partial charge in [-0.15, -0.1) is 6.53 Å². The highest BCUT2D eigenvalue weighted by Crippen LogP contribution is 2.44. The molecular formula is C20H24N2O3. The van der Waals surface area contributed by atoms with Gasteiger partial charge in [-0.1, -0.05) is 6.05 Å². The third-order valence-electron chi connectivity index (χ3n) is 5.76. The van der Waals surface area contributed by atoms with Crippen molar-refractivity contribution in [2.75, 3.05) is 20.2 Å². The van der Waals surface area contributed by atoms with Crippen LogP contribution >= 0.6 is 0 Å². The van der Waals surface area contributed by atoms with Gasteiger partial charge in [0, 0.05) is 24.2 Å². The Hall–Kier alpha value is -1.95. The number of aliphatic hydroxyl groups excluding tert-OH is 1. The number of rotatable bonds is 4. The van der Waals surface area contributed by atoms with Crippen LogP contribution in [0.25, 0.3) is 10.9 Å². The minimum absolute atomic E-state index is 0.159. The zero-order chi connectivity index (χ0) is 20.1. The standard InChI is InChI=1S/C20H24N2O3/c1-3-20(24)12-22-9-7-13(20)10-18(22)19(23)15-6-8-21-17-5-4-14(25-2)11-16(15)17/h3-6,8,11,13,18-19,23-24H,1,7,9-10,12H2,2H3/t13-,18+,19-,20+/m0/s1/i1D2,3D. The van der Waals surface area contributed by atoms with Crippen molar-refractivity contribution in [3.8, 4) is 5.75 Å². The van der Waals surface area contributed by atoms with Gasteiger partial charge < -0.3 is 14.9 Å². The van der Waals surface area contributed by atoms with Gasteiger partial charge in [0.05, 0.1) is 28.4 Å². The lowest BCUT2D eigenvalue weighted by Gasteiger charge is -2.54. The maximum Gasteiger partial charge on any atom is 0.119 e. The average Bonchev–Trinajstić information content (AvgIpc) is 2.72. The van der Waals surface area contributed by atoms with Crippen molar-refractivity contribution in [1.29, 1.82) is 0 Å². The van der Waals surface area contributed by atoms with Crippen LogP contribution in [0.3, 0.4) is 0 Å². The van der Waals surface area contributed by atoms with Gasteiger partial charge in [0.25, 0.3) is 0 Å². The topological polar surface area (TPSA) is 65.8 Å². The van der Waals surface area contributed by atoms with Crippen LogP contribution < -0.4 is 4.74 Å². The Morgan fingerprint density at radius 2 is 2.44 bits per heavy atom. The molecule has 3 saturated heterocycles. The molecule has 0 spiro atoms. The number of nitrogens with zero attached hydrogens (tertiary/aromatic N) is 2. The van der Waals surface area contributed by atoms with Crippen molar-refractivity contribution in [2.24, 2.45) is 5.92 Å². The van der Waals surface area contributed by atoms with Gasteiger partial charge in [0.15, 0.2) is 0 Å². The molecule has 2 N–H and O–H groups in total. The predicted molar refractivity (Wildman–Crippen MR) is 96.5 cm³/mol. The fourth-order valence-electron chi connectivity index (χ4n) is 4.32. The van der Waals surface area contributed by atoms with Gasteiger partial charge in [-0.05, 0) is 55.1 Å². The van der Waals surface area contributed by atoms with E-state index in [1.165, 1.54) is 0 Å². The molecule has 3 aliphatic heterocycles. The second kappa shape index (κ2) is 6.09. The molecular weight excluding hydrogens is 316 g/mol. The normalized spacial score (nSPS) is 34.0. The summed E-state index contributed by atoms with van der Waals surface area (Å²) >= 11 is 0. The number of piperidine rings is 3. The first-order valence-corrected chi connectivity index (χ1v) is 8.57. The molecule has 5 heteroatoms. The summed E-state index contributed by atoms with van der Waals surface area (Å²) in [5, 5.41) is 23.0. The number of ether oxygens (including phenoxy) is 1. The van der Waals surface area contributed by atoms with Crippen molar-refractivity contribution in [1.82, 2.24) is 9.88 Å². The van der Waals surface area contributed by atoms with Crippen LogP contribution in [0.2, 0.25) is 0 Å². The Morgan fingerprint density at radius 3 is 3.16 bits per heavy atom. The van der Waals surface area contributed by atoms with Gasteiger partial charge in [-0.2, -0.15) is 0 Å². The quantitative estimate of drug-likeness (QED) is 0.834. The third kappa shape index (κ3) is 2.63. The van der Waals surface area contributed by atoms with Gasteiger partial charge >= 0.3 is 0 Å². The number of pyridine rings is 1. The van der Waals surface area contributed by atoms with Crippen molar-refractivity contribution in [2.45, 2.75) is 30.6 Å². The number of hydrogen-bond donors (Lipinski definition) is 2. The Balaban J connectivity index is 1.67. The molecule has 3 fully saturated rings. The number of methoxy groups -OCH3 is 1. The van der Waals surface area contributed by atoms with Gasteiger partial charge in [-0.3, -0.25) is 9.88 Å². The lowest BCUT2D eigenvalue weighted by atomic mass is 9.71. The first kappa shape index (κ1) is 13.3. The van der Waals surface area contributed by atoms with E-state index in [-0.39, 0.29) is 24.6 Å². The lowest BCUT2D eigenvalue weighted by Crippen LogP contribution is -2.63. The number of fused-ring (bicyclic) bond motifs is 4. The fraction of sp³-hybridized carbons (Fsp3) is 0.450. The van der Waals surface area contributed by atoms with Crippen LogP contribution in [-0.4, -0.2) is 51.9 Å². The Labute approximate surface area is 151 Å². The van der Waals surface area contributed by atoms with E-state index in [9.17, 15) is 10.2 Å². The second-order valence-electron chi connectivity index (χ2n) is 7.04. The number of aliphatic hydroxyl groups is 2. The molecule has 3 aliphatic rings. The molecule has 0 radical (unpaired) electrons. The molecule has 4 heterocycles. The summed E-state index contributed by atoms with van der Waals surface area (Å²) in [5.74, 6) is 0.439. The molecule has 25 heavy (non-hydrogen) atoms. The molecule has 132 valence electrons. The first-order chi connectivity index (χ1) is 13.3. The summed E-state index contributed by atoms with van der Waals surface area (Å²) in [4.78, 5) is 6.35. The molecule has 5 rings (SSSR count). The summed E-state index contributed by atoms with van der Waals surface area (Å²) in [6.45, 7) is 0.214. The zero-order valence-electron chi connectivity index (χ0n) is 17.1. The van der Waals surface area contributed by atoms with Crippen molar-refractivity contribution >= 4 is 10.9 Å². The third-order valence-corrected chi connectivity index (χ3v) is 5.76. The van der Waals surface area contributed by atoms with Crippen molar-refractivity contribution in [3.63, 3.8) is 0 Å². The van der Waals surface area contributed by atoms with E-state index in [0.717, 1.165) is 16.5 Å². The van der Waals surface area contributed by atoms with Crippen molar-refractivity contribution in [3.05, 3.63) is 48.6 Å². The van der Waals surface area contributed by atoms with E-state index < -0.39 is 18.2 Å². The van der Waals surface area contributed by atoms with Gasteiger partial charge in [0.1, 0.15) is 5.75 Å². The summed E-state index contributed by atoms with van der Waals surface area (Å²) in [6.07, 6.45) is 2.08. The van der Waals surface area contributed by atoms with E-state index in [0.29, 0.717) is 25.1 Å². The summed E-state index contributed by atoms with van der Waals surface area (Å²) in [5.41, 5.74) is 0.0409. The van der Waals surface area contributed by atoms with E-state index in [1.807, 2.05) is 29.2 Å². The predicted octanol–water partition coefficient (Wildman–Crippen LogP) is 2.29. The summed E-state index contributed by atoms with van der Waals surface area (Å²) in [7, 11) is 1.60. The Bertz CT molecular complexity index is 934. The number of aromatic nitrogens is 1.